The van der Waals surface area contributed by atoms with E-state index in [-0.39, 0.29) is 17.1 Å². The average molecular weight is 462 g/mol. The predicted molar refractivity (Wildman–Crippen MR) is 111 cm³/mol. The second-order valence-electron chi connectivity index (χ2n) is 8.41. The number of nitrogens with one attached hydrogen (secondary N) is 1. The van der Waals surface area contributed by atoms with Crippen molar-refractivity contribution < 1.29 is 22.4 Å². The number of halogens is 4. The summed E-state index contributed by atoms with van der Waals surface area (Å²) in [7, 11) is 0. The smallest absolute Gasteiger partial charge is 0.309 e. The largest absolute Gasteiger partial charge is 0.417 e. The van der Waals surface area contributed by atoms with E-state index >= 15 is 0 Å². The van der Waals surface area contributed by atoms with Gasteiger partial charge in [-0.05, 0) is 18.2 Å². The molecule has 0 bridgehead atoms. The first-order valence-corrected chi connectivity index (χ1v) is 9.76. The molecule has 4 aromatic heterocycles. The summed E-state index contributed by atoms with van der Waals surface area (Å²) in [6.45, 7) is 4.92. The lowest BCUT2D eigenvalue weighted by molar-refractivity contribution is -0.136. The molecule has 0 unspecified atom stereocenters. The monoisotopic (exact) mass is 462 g/mol. The first-order valence-electron chi connectivity index (χ1n) is 9.76. The van der Waals surface area contributed by atoms with Crippen LogP contribution in [0, 0.1) is 5.82 Å². The second-order valence-corrected chi connectivity index (χ2v) is 8.41. The van der Waals surface area contributed by atoms with Gasteiger partial charge in [-0.15, -0.1) is 0 Å². The molecule has 0 aliphatic heterocycles. The standard InChI is InChI=1S/C21H18F4N6O2/c1-20(2,3)13-8-16-30(10-15(32)28-14-5-4-11(22)9-27-14)19(33)17-12(21(23,24)25)6-7-26-18(17)31(16)29-13/h4-9H,10H2,1-3H3,(H,27,28,32). The molecule has 0 aliphatic rings. The molecule has 1 amide bonds. The van der Waals surface area contributed by atoms with Crippen LogP contribution in [0.2, 0.25) is 0 Å². The SMILES string of the molecule is CC(C)(C)c1cc2n(CC(=O)Nc3ccc(F)cn3)c(=O)c3c(C(F)(F)F)ccnc3n2n1. The zero-order valence-electron chi connectivity index (χ0n) is 17.7. The van der Waals surface area contributed by atoms with Crippen molar-refractivity contribution in [2.75, 3.05) is 5.32 Å². The van der Waals surface area contributed by atoms with Gasteiger partial charge in [-0.3, -0.25) is 14.2 Å². The molecular weight excluding hydrogens is 444 g/mol. The summed E-state index contributed by atoms with van der Waals surface area (Å²) in [6, 6.07) is 4.54. The summed E-state index contributed by atoms with van der Waals surface area (Å²) in [4.78, 5) is 33.5. The number of pyridine rings is 2. The molecule has 0 radical (unpaired) electrons. The Morgan fingerprint density at radius 3 is 2.45 bits per heavy atom. The highest BCUT2D eigenvalue weighted by atomic mass is 19.4. The molecule has 12 heteroatoms. The van der Waals surface area contributed by atoms with Crippen molar-refractivity contribution in [2.24, 2.45) is 0 Å². The van der Waals surface area contributed by atoms with Crippen LogP contribution < -0.4 is 10.9 Å². The van der Waals surface area contributed by atoms with E-state index in [0.29, 0.717) is 11.8 Å². The lowest BCUT2D eigenvalue weighted by Gasteiger charge is -2.14. The number of nitrogens with zero attached hydrogens (tertiary/aromatic N) is 5. The van der Waals surface area contributed by atoms with Crippen LogP contribution in [0.25, 0.3) is 16.7 Å². The molecule has 1 N–H and O–H groups in total. The number of carbonyl (C=O) groups excluding carboxylic acids is 1. The highest BCUT2D eigenvalue weighted by Crippen LogP contribution is 2.33. The maximum Gasteiger partial charge on any atom is 0.417 e. The molecule has 4 rings (SSSR count). The van der Waals surface area contributed by atoms with Gasteiger partial charge in [-0.2, -0.15) is 22.8 Å². The van der Waals surface area contributed by atoms with Gasteiger partial charge in [0.05, 0.1) is 22.8 Å². The molecule has 0 spiro atoms. The fourth-order valence-electron chi connectivity index (χ4n) is 3.31. The van der Waals surface area contributed by atoms with E-state index < -0.39 is 46.4 Å². The van der Waals surface area contributed by atoms with Gasteiger partial charge in [0, 0.05) is 17.7 Å². The van der Waals surface area contributed by atoms with Crippen LogP contribution >= 0.6 is 0 Å². The highest BCUT2D eigenvalue weighted by Gasteiger charge is 2.35. The molecule has 0 saturated carbocycles. The minimum absolute atomic E-state index is 0.0211. The molecule has 172 valence electrons. The molecule has 4 heterocycles. The van der Waals surface area contributed by atoms with Crippen LogP contribution in [0.3, 0.4) is 0 Å². The molecule has 0 atom stereocenters. The number of carbonyl (C=O) groups is 1. The minimum Gasteiger partial charge on any atom is -0.309 e. The summed E-state index contributed by atoms with van der Waals surface area (Å²) < 4.78 is 56.1. The summed E-state index contributed by atoms with van der Waals surface area (Å²) in [5.74, 6) is -1.33. The maximum atomic E-state index is 13.7. The average Bonchev–Trinajstić information content (AvgIpc) is 3.18. The number of hydrogen-bond donors (Lipinski definition) is 1. The lowest BCUT2D eigenvalue weighted by Crippen LogP contribution is -2.31. The van der Waals surface area contributed by atoms with Crippen LogP contribution in [0.4, 0.5) is 23.4 Å². The zero-order chi connectivity index (χ0) is 24.1. The zero-order valence-corrected chi connectivity index (χ0v) is 17.7. The molecule has 0 fully saturated rings. The van der Waals surface area contributed by atoms with Gasteiger partial charge in [0.1, 0.15) is 23.8 Å². The van der Waals surface area contributed by atoms with E-state index in [9.17, 15) is 27.2 Å². The Bertz CT molecular complexity index is 1430. The molecular formula is C21H18F4N6O2. The van der Waals surface area contributed by atoms with Crippen LogP contribution in [0.5, 0.6) is 0 Å². The van der Waals surface area contributed by atoms with Gasteiger partial charge in [0.25, 0.3) is 5.56 Å². The summed E-state index contributed by atoms with van der Waals surface area (Å²) in [5, 5.41) is 6.07. The van der Waals surface area contributed by atoms with Gasteiger partial charge in [-0.1, -0.05) is 20.8 Å². The molecule has 33 heavy (non-hydrogen) atoms. The molecule has 4 aromatic rings. The fourth-order valence-corrected chi connectivity index (χ4v) is 3.31. The van der Waals surface area contributed by atoms with Crippen LogP contribution in [-0.4, -0.2) is 30.1 Å². The van der Waals surface area contributed by atoms with Crippen LogP contribution in [0.15, 0.2) is 41.5 Å². The van der Waals surface area contributed by atoms with E-state index in [0.717, 1.165) is 27.5 Å². The van der Waals surface area contributed by atoms with Crippen molar-refractivity contribution in [1.82, 2.24) is 24.1 Å². The third-order valence-corrected chi connectivity index (χ3v) is 4.93. The maximum absolute atomic E-state index is 13.7. The number of rotatable bonds is 3. The third kappa shape index (κ3) is 4.15. The summed E-state index contributed by atoms with van der Waals surface area (Å²) in [5.41, 5.74) is -2.39. The van der Waals surface area contributed by atoms with Crippen molar-refractivity contribution in [1.29, 1.82) is 0 Å². The van der Waals surface area contributed by atoms with Gasteiger partial charge in [-0.25, -0.2) is 14.4 Å². The molecule has 0 aliphatic carbocycles. The topological polar surface area (TPSA) is 94.2 Å². The number of fused-ring (bicyclic) bond motifs is 3. The molecule has 8 nitrogen and oxygen atoms in total. The first kappa shape index (κ1) is 22.4. The first-order chi connectivity index (χ1) is 15.4. The van der Waals surface area contributed by atoms with Crippen molar-refractivity contribution >= 4 is 28.4 Å². The van der Waals surface area contributed by atoms with Crippen molar-refractivity contribution in [3.8, 4) is 0 Å². The molecule has 0 saturated heterocycles. The lowest BCUT2D eigenvalue weighted by atomic mass is 9.93. The fraction of sp³-hybridized carbons (Fsp3) is 0.286. The Kier molecular flexibility index (Phi) is 5.18. The van der Waals surface area contributed by atoms with Crippen molar-refractivity contribution in [3.63, 3.8) is 0 Å². The minimum atomic E-state index is -4.83. The number of hydrogen-bond acceptors (Lipinski definition) is 5. The number of amides is 1. The normalized spacial score (nSPS) is 12.5. The summed E-state index contributed by atoms with van der Waals surface area (Å²) >= 11 is 0. The Balaban J connectivity index is 1.93. The third-order valence-electron chi connectivity index (χ3n) is 4.93. The van der Waals surface area contributed by atoms with Crippen molar-refractivity contribution in [2.45, 2.75) is 38.9 Å². The Labute approximate surface area is 183 Å². The van der Waals surface area contributed by atoms with E-state index in [1.807, 2.05) is 20.8 Å². The van der Waals surface area contributed by atoms with E-state index in [2.05, 4.69) is 20.4 Å². The van der Waals surface area contributed by atoms with Gasteiger partial charge in [0.2, 0.25) is 5.91 Å². The highest BCUT2D eigenvalue weighted by molar-refractivity contribution is 5.90. The van der Waals surface area contributed by atoms with Crippen LogP contribution in [0.1, 0.15) is 32.0 Å². The van der Waals surface area contributed by atoms with Crippen molar-refractivity contribution in [3.05, 3.63) is 64.1 Å². The van der Waals surface area contributed by atoms with E-state index in [1.54, 1.807) is 0 Å². The van der Waals surface area contributed by atoms with E-state index in [1.165, 1.54) is 12.1 Å². The number of aromatic nitrogens is 5. The summed E-state index contributed by atoms with van der Waals surface area (Å²) in [6.07, 6.45) is -2.98. The number of alkyl halides is 3. The van der Waals surface area contributed by atoms with Gasteiger partial charge >= 0.3 is 6.18 Å². The Hall–Kier alpha value is -3.83. The predicted octanol–water partition coefficient (Wildman–Crippen LogP) is 3.53. The second kappa shape index (κ2) is 7.64. The Morgan fingerprint density at radius 2 is 1.85 bits per heavy atom. The van der Waals surface area contributed by atoms with Crippen LogP contribution in [-0.2, 0) is 22.9 Å². The van der Waals surface area contributed by atoms with Gasteiger partial charge < -0.3 is 5.32 Å². The Morgan fingerprint density at radius 1 is 1.12 bits per heavy atom. The number of anilines is 1. The van der Waals surface area contributed by atoms with Gasteiger partial charge in [0.15, 0.2) is 5.65 Å². The molecule has 0 aromatic carbocycles. The quantitative estimate of drug-likeness (QED) is 0.470. The van der Waals surface area contributed by atoms with E-state index in [4.69, 9.17) is 0 Å².